The van der Waals surface area contributed by atoms with Crippen LogP contribution in [0.25, 0.3) is 0 Å². The molecule has 3 rings (SSSR count). The second kappa shape index (κ2) is 8.68. The van der Waals surface area contributed by atoms with E-state index in [0.717, 1.165) is 19.4 Å². The van der Waals surface area contributed by atoms with Crippen LogP contribution in [-0.2, 0) is 9.53 Å². The van der Waals surface area contributed by atoms with E-state index < -0.39 is 0 Å². The highest BCUT2D eigenvalue weighted by Gasteiger charge is 2.18. The van der Waals surface area contributed by atoms with Crippen molar-refractivity contribution in [3.8, 4) is 5.75 Å². The van der Waals surface area contributed by atoms with Crippen LogP contribution in [0.1, 0.15) is 29.0 Å². The molecule has 1 aliphatic heterocycles. The van der Waals surface area contributed by atoms with Crippen molar-refractivity contribution in [2.75, 3.05) is 32.1 Å². The number of benzene rings is 1. The molecule has 1 aliphatic rings. The standard InChI is InChI=1S/C19H23N3O5/c1-13-10-17(21-27-13)20-18(23)11-22(2)19(24)14-5-7-15(8-6-14)26-12-16-4-3-9-25-16/h5-8,10,16H,3-4,9,11-12H2,1-2H3,(H,20,21,23). The van der Waals surface area contributed by atoms with Crippen molar-refractivity contribution in [1.82, 2.24) is 10.1 Å². The van der Waals surface area contributed by atoms with Crippen molar-refractivity contribution in [3.05, 3.63) is 41.7 Å². The van der Waals surface area contributed by atoms with Crippen LogP contribution >= 0.6 is 0 Å². The van der Waals surface area contributed by atoms with Gasteiger partial charge >= 0.3 is 0 Å². The molecule has 2 aromatic rings. The van der Waals surface area contributed by atoms with E-state index in [1.54, 1.807) is 44.3 Å². The lowest BCUT2D eigenvalue weighted by Crippen LogP contribution is -2.35. The molecular weight excluding hydrogens is 350 g/mol. The van der Waals surface area contributed by atoms with Gasteiger partial charge in [0.25, 0.3) is 5.91 Å². The van der Waals surface area contributed by atoms with E-state index in [0.29, 0.717) is 29.5 Å². The number of likely N-dealkylation sites (N-methyl/N-ethyl adjacent to an activating group) is 1. The largest absolute Gasteiger partial charge is 0.491 e. The lowest BCUT2D eigenvalue weighted by atomic mass is 10.2. The Balaban J connectivity index is 1.49. The fraction of sp³-hybridized carbons (Fsp3) is 0.421. The summed E-state index contributed by atoms with van der Waals surface area (Å²) in [6.45, 7) is 2.93. The molecular formula is C19H23N3O5. The van der Waals surface area contributed by atoms with Gasteiger partial charge < -0.3 is 24.2 Å². The smallest absolute Gasteiger partial charge is 0.254 e. The van der Waals surface area contributed by atoms with Crippen LogP contribution in [0.3, 0.4) is 0 Å². The third kappa shape index (κ3) is 5.30. The Labute approximate surface area is 157 Å². The maximum Gasteiger partial charge on any atom is 0.254 e. The average molecular weight is 373 g/mol. The SMILES string of the molecule is Cc1cc(NC(=O)CN(C)C(=O)c2ccc(OCC3CCCO3)cc2)no1. The minimum Gasteiger partial charge on any atom is -0.491 e. The summed E-state index contributed by atoms with van der Waals surface area (Å²) in [5.74, 6) is 0.995. The molecule has 0 aliphatic carbocycles. The Bertz CT molecular complexity index is 781. The van der Waals surface area contributed by atoms with Crippen LogP contribution in [0.5, 0.6) is 5.75 Å². The van der Waals surface area contributed by atoms with E-state index in [4.69, 9.17) is 14.0 Å². The van der Waals surface area contributed by atoms with Gasteiger partial charge in [0.2, 0.25) is 5.91 Å². The van der Waals surface area contributed by atoms with Gasteiger partial charge in [-0.05, 0) is 44.0 Å². The van der Waals surface area contributed by atoms with Crippen molar-refractivity contribution in [1.29, 1.82) is 0 Å². The molecule has 8 heteroatoms. The van der Waals surface area contributed by atoms with E-state index in [1.807, 2.05) is 0 Å². The maximum atomic E-state index is 12.5. The molecule has 0 saturated carbocycles. The van der Waals surface area contributed by atoms with Gasteiger partial charge in [0.15, 0.2) is 5.82 Å². The highest BCUT2D eigenvalue weighted by atomic mass is 16.5. The summed E-state index contributed by atoms with van der Waals surface area (Å²) in [5.41, 5.74) is 0.479. The lowest BCUT2D eigenvalue weighted by molar-refractivity contribution is -0.116. The first kappa shape index (κ1) is 18.9. The first-order valence-electron chi connectivity index (χ1n) is 8.84. The Hall–Kier alpha value is -2.87. The van der Waals surface area contributed by atoms with Gasteiger partial charge in [-0.25, -0.2) is 0 Å². The number of amides is 2. The van der Waals surface area contributed by atoms with Gasteiger partial charge in [0.05, 0.1) is 12.6 Å². The van der Waals surface area contributed by atoms with Crippen molar-refractivity contribution in [2.45, 2.75) is 25.9 Å². The molecule has 0 bridgehead atoms. The number of carbonyl (C=O) groups excluding carboxylic acids is 2. The number of hydrogen-bond acceptors (Lipinski definition) is 6. The van der Waals surface area contributed by atoms with Crippen molar-refractivity contribution in [3.63, 3.8) is 0 Å². The van der Waals surface area contributed by atoms with Crippen LogP contribution in [0, 0.1) is 6.92 Å². The third-order valence-corrected chi connectivity index (χ3v) is 4.18. The normalized spacial score (nSPS) is 16.1. The van der Waals surface area contributed by atoms with E-state index in [2.05, 4.69) is 10.5 Å². The Morgan fingerprint density at radius 1 is 1.33 bits per heavy atom. The molecule has 0 radical (unpaired) electrons. The third-order valence-electron chi connectivity index (χ3n) is 4.18. The first-order chi connectivity index (χ1) is 13.0. The molecule has 2 amide bonds. The number of nitrogens with zero attached hydrogens (tertiary/aromatic N) is 2. The van der Waals surface area contributed by atoms with Gasteiger partial charge in [0, 0.05) is 25.3 Å². The highest BCUT2D eigenvalue weighted by Crippen LogP contribution is 2.17. The topological polar surface area (TPSA) is 93.9 Å². The van der Waals surface area contributed by atoms with Gasteiger partial charge in [-0.3, -0.25) is 9.59 Å². The van der Waals surface area contributed by atoms with Crippen molar-refractivity contribution in [2.24, 2.45) is 0 Å². The predicted molar refractivity (Wildman–Crippen MR) is 97.7 cm³/mol. The van der Waals surface area contributed by atoms with E-state index in [9.17, 15) is 9.59 Å². The molecule has 2 heterocycles. The van der Waals surface area contributed by atoms with E-state index in [1.165, 1.54) is 4.90 Å². The molecule has 0 spiro atoms. The fourth-order valence-electron chi connectivity index (χ4n) is 2.77. The molecule has 27 heavy (non-hydrogen) atoms. The molecule has 1 saturated heterocycles. The van der Waals surface area contributed by atoms with E-state index in [-0.39, 0.29) is 24.5 Å². The summed E-state index contributed by atoms with van der Waals surface area (Å²) in [6, 6.07) is 8.46. The number of anilines is 1. The number of aromatic nitrogens is 1. The molecule has 1 fully saturated rings. The number of rotatable bonds is 7. The minimum absolute atomic E-state index is 0.0952. The summed E-state index contributed by atoms with van der Waals surface area (Å²) < 4.78 is 16.1. The zero-order chi connectivity index (χ0) is 19.2. The zero-order valence-electron chi connectivity index (χ0n) is 15.4. The molecule has 1 atom stereocenters. The Kier molecular flexibility index (Phi) is 6.08. The predicted octanol–water partition coefficient (Wildman–Crippen LogP) is 2.25. The fourth-order valence-corrected chi connectivity index (χ4v) is 2.77. The van der Waals surface area contributed by atoms with Gasteiger partial charge in [-0.2, -0.15) is 0 Å². The van der Waals surface area contributed by atoms with Crippen LogP contribution in [0.4, 0.5) is 5.82 Å². The van der Waals surface area contributed by atoms with Gasteiger partial charge in [-0.15, -0.1) is 0 Å². The summed E-state index contributed by atoms with van der Waals surface area (Å²) in [5, 5.41) is 6.27. The molecule has 1 N–H and O–H groups in total. The first-order valence-corrected chi connectivity index (χ1v) is 8.84. The maximum absolute atomic E-state index is 12.5. The van der Waals surface area contributed by atoms with Gasteiger partial charge in [-0.1, -0.05) is 5.16 Å². The second-order valence-electron chi connectivity index (χ2n) is 6.50. The molecule has 1 aromatic heterocycles. The lowest BCUT2D eigenvalue weighted by Gasteiger charge is -2.17. The molecule has 8 nitrogen and oxygen atoms in total. The summed E-state index contributed by atoms with van der Waals surface area (Å²) in [7, 11) is 1.57. The number of ether oxygens (including phenoxy) is 2. The highest BCUT2D eigenvalue weighted by molar-refractivity contribution is 5.98. The number of aryl methyl sites for hydroxylation is 1. The summed E-state index contributed by atoms with van der Waals surface area (Å²) in [6.07, 6.45) is 2.22. The quantitative estimate of drug-likeness (QED) is 0.800. The monoisotopic (exact) mass is 373 g/mol. The number of carbonyl (C=O) groups is 2. The van der Waals surface area contributed by atoms with Crippen LogP contribution in [0.15, 0.2) is 34.9 Å². The molecule has 1 aromatic carbocycles. The zero-order valence-corrected chi connectivity index (χ0v) is 15.4. The van der Waals surface area contributed by atoms with Crippen molar-refractivity contribution >= 4 is 17.6 Å². The Morgan fingerprint density at radius 3 is 2.74 bits per heavy atom. The second-order valence-corrected chi connectivity index (χ2v) is 6.50. The Morgan fingerprint density at radius 2 is 2.11 bits per heavy atom. The van der Waals surface area contributed by atoms with Crippen LogP contribution in [-0.4, -0.2) is 54.8 Å². The average Bonchev–Trinajstić information content (AvgIpc) is 3.31. The molecule has 1 unspecified atom stereocenters. The van der Waals surface area contributed by atoms with E-state index >= 15 is 0 Å². The van der Waals surface area contributed by atoms with Gasteiger partial charge in [0.1, 0.15) is 18.1 Å². The van der Waals surface area contributed by atoms with Crippen LogP contribution < -0.4 is 10.1 Å². The number of hydrogen-bond donors (Lipinski definition) is 1. The minimum atomic E-state index is -0.351. The van der Waals surface area contributed by atoms with Crippen molar-refractivity contribution < 1.29 is 23.6 Å². The van der Waals surface area contributed by atoms with Crippen LogP contribution in [0.2, 0.25) is 0 Å². The summed E-state index contributed by atoms with van der Waals surface area (Å²) >= 11 is 0. The number of nitrogens with one attached hydrogen (secondary N) is 1. The summed E-state index contributed by atoms with van der Waals surface area (Å²) in [4.78, 5) is 25.8. The molecule has 144 valence electrons.